The average molecular weight is 465 g/mol. The Kier molecular flexibility index (Phi) is 6.11. The quantitative estimate of drug-likeness (QED) is 0.455. The second kappa shape index (κ2) is 9.16. The van der Waals surface area contributed by atoms with Crippen molar-refractivity contribution in [3.8, 4) is 11.1 Å². The van der Waals surface area contributed by atoms with Crippen LogP contribution < -0.4 is 5.56 Å². The predicted molar refractivity (Wildman–Crippen MR) is 132 cm³/mol. The minimum Gasteiger partial charge on any atom is -0.309 e. The molecule has 0 bridgehead atoms. The summed E-state index contributed by atoms with van der Waals surface area (Å²) in [5.41, 5.74) is 4.35. The number of nitrogens with zero attached hydrogens (tertiary/aromatic N) is 3. The van der Waals surface area contributed by atoms with Gasteiger partial charge < -0.3 is 4.98 Å². The van der Waals surface area contributed by atoms with Crippen LogP contribution >= 0.6 is 22.9 Å². The lowest BCUT2D eigenvalue weighted by atomic mass is 10.1. The lowest BCUT2D eigenvalue weighted by molar-refractivity contribution is 0.120. The van der Waals surface area contributed by atoms with Gasteiger partial charge in [-0.05, 0) is 24.1 Å². The van der Waals surface area contributed by atoms with Crippen molar-refractivity contribution in [2.45, 2.75) is 20.0 Å². The van der Waals surface area contributed by atoms with Crippen molar-refractivity contribution in [1.82, 2.24) is 19.8 Å². The van der Waals surface area contributed by atoms with E-state index in [0.717, 1.165) is 54.5 Å². The van der Waals surface area contributed by atoms with Crippen molar-refractivity contribution in [2.75, 3.05) is 26.2 Å². The molecule has 4 aromatic rings. The van der Waals surface area contributed by atoms with E-state index in [4.69, 9.17) is 16.6 Å². The molecule has 5 nitrogen and oxygen atoms in total. The molecule has 2 aromatic heterocycles. The van der Waals surface area contributed by atoms with Gasteiger partial charge in [0.25, 0.3) is 5.56 Å². The number of halogens is 1. The maximum Gasteiger partial charge on any atom is 0.260 e. The van der Waals surface area contributed by atoms with E-state index in [9.17, 15) is 4.79 Å². The Balaban J connectivity index is 1.28. The summed E-state index contributed by atoms with van der Waals surface area (Å²) in [5.74, 6) is 0.724. The molecule has 2 aromatic carbocycles. The summed E-state index contributed by atoms with van der Waals surface area (Å²) in [6, 6.07) is 16.2. The number of fused-ring (bicyclic) bond motifs is 1. The smallest absolute Gasteiger partial charge is 0.260 e. The van der Waals surface area contributed by atoms with Crippen LogP contribution in [-0.4, -0.2) is 45.9 Å². The molecule has 0 saturated carbocycles. The van der Waals surface area contributed by atoms with Crippen LogP contribution in [0.5, 0.6) is 0 Å². The number of aromatic amines is 1. The first-order valence-electron chi connectivity index (χ1n) is 10.8. The fourth-order valence-corrected chi connectivity index (χ4v) is 5.49. The molecule has 1 fully saturated rings. The average Bonchev–Trinajstić information content (AvgIpc) is 3.21. The minimum atomic E-state index is -0.0978. The molecule has 0 spiro atoms. The molecule has 0 unspecified atom stereocenters. The van der Waals surface area contributed by atoms with Gasteiger partial charge in [-0.2, -0.15) is 0 Å². The van der Waals surface area contributed by atoms with Crippen molar-refractivity contribution in [3.05, 3.63) is 86.2 Å². The van der Waals surface area contributed by atoms with Gasteiger partial charge in [0.15, 0.2) is 0 Å². The van der Waals surface area contributed by atoms with Gasteiger partial charge >= 0.3 is 0 Å². The number of rotatable bonds is 5. The maximum absolute atomic E-state index is 12.9. The second-order valence-electron chi connectivity index (χ2n) is 8.30. The summed E-state index contributed by atoms with van der Waals surface area (Å²) >= 11 is 7.86. The number of H-pyrrole nitrogens is 1. The Morgan fingerprint density at radius 2 is 1.66 bits per heavy atom. The number of hydrogen-bond donors (Lipinski definition) is 1. The highest BCUT2D eigenvalue weighted by molar-refractivity contribution is 7.17. The molecule has 0 atom stereocenters. The van der Waals surface area contributed by atoms with E-state index in [2.05, 4.69) is 46.0 Å². The van der Waals surface area contributed by atoms with Gasteiger partial charge in [-0.3, -0.25) is 14.6 Å². The molecule has 164 valence electrons. The molecular formula is C25H25ClN4OS. The molecule has 3 heterocycles. The van der Waals surface area contributed by atoms with Crippen molar-refractivity contribution in [3.63, 3.8) is 0 Å². The van der Waals surface area contributed by atoms with Crippen molar-refractivity contribution >= 4 is 33.2 Å². The highest BCUT2D eigenvalue weighted by atomic mass is 35.5. The largest absolute Gasteiger partial charge is 0.309 e. The van der Waals surface area contributed by atoms with Crippen molar-refractivity contribution < 1.29 is 0 Å². The Hall–Kier alpha value is -2.51. The topological polar surface area (TPSA) is 52.2 Å². The normalized spacial score (nSPS) is 15.4. The molecule has 1 aliphatic heterocycles. The molecule has 0 radical (unpaired) electrons. The van der Waals surface area contributed by atoms with Gasteiger partial charge in [-0.1, -0.05) is 54.1 Å². The molecule has 5 rings (SSSR count). The van der Waals surface area contributed by atoms with Crippen LogP contribution in [0.2, 0.25) is 5.02 Å². The van der Waals surface area contributed by atoms with Crippen molar-refractivity contribution in [1.29, 1.82) is 0 Å². The van der Waals surface area contributed by atoms with E-state index in [1.165, 1.54) is 22.5 Å². The zero-order chi connectivity index (χ0) is 22.1. The molecule has 1 N–H and O–H groups in total. The lowest BCUT2D eigenvalue weighted by Crippen LogP contribution is -2.45. The summed E-state index contributed by atoms with van der Waals surface area (Å²) < 4.78 is 0. The van der Waals surface area contributed by atoms with Crippen LogP contribution in [-0.2, 0) is 13.1 Å². The number of hydrogen-bond acceptors (Lipinski definition) is 5. The van der Waals surface area contributed by atoms with Gasteiger partial charge in [0, 0.05) is 54.3 Å². The first-order valence-corrected chi connectivity index (χ1v) is 12.1. The standard InChI is InChI=1S/C25H25ClN4OS/c1-17-6-2-3-7-18(17)14-29-10-12-30(13-11-29)15-22-27-24(31)23-20(16-32-25(23)28-22)19-8-4-5-9-21(19)26/h2-9,16H,10-15H2,1H3,(H,27,28,31). The number of nitrogens with one attached hydrogen (secondary N) is 1. The van der Waals surface area contributed by atoms with Crippen LogP contribution in [0.4, 0.5) is 0 Å². The summed E-state index contributed by atoms with van der Waals surface area (Å²) in [7, 11) is 0. The third-order valence-corrected chi connectivity index (χ3v) is 7.35. The van der Waals surface area contributed by atoms with E-state index >= 15 is 0 Å². The van der Waals surface area contributed by atoms with Gasteiger partial charge in [-0.25, -0.2) is 4.98 Å². The van der Waals surface area contributed by atoms with Crippen LogP contribution in [0.15, 0.2) is 58.7 Å². The highest BCUT2D eigenvalue weighted by Gasteiger charge is 2.20. The van der Waals surface area contributed by atoms with Crippen LogP contribution in [0, 0.1) is 6.92 Å². The number of aromatic nitrogens is 2. The lowest BCUT2D eigenvalue weighted by Gasteiger charge is -2.34. The molecule has 1 aliphatic rings. The summed E-state index contributed by atoms with van der Waals surface area (Å²) in [5, 5.41) is 3.23. The molecule has 1 saturated heterocycles. The molecule has 0 aliphatic carbocycles. The van der Waals surface area contributed by atoms with Gasteiger partial charge in [-0.15, -0.1) is 11.3 Å². The van der Waals surface area contributed by atoms with E-state index in [-0.39, 0.29) is 5.56 Å². The number of thiophene rings is 1. The van der Waals surface area contributed by atoms with Crippen molar-refractivity contribution in [2.24, 2.45) is 0 Å². The van der Waals surface area contributed by atoms with Gasteiger partial charge in [0.1, 0.15) is 10.7 Å². The monoisotopic (exact) mass is 464 g/mol. The maximum atomic E-state index is 12.9. The summed E-state index contributed by atoms with van der Waals surface area (Å²) in [4.78, 5) is 26.3. The Labute approximate surface area is 196 Å². The highest BCUT2D eigenvalue weighted by Crippen LogP contribution is 2.34. The molecular weight excluding hydrogens is 440 g/mol. The summed E-state index contributed by atoms with van der Waals surface area (Å²) in [6.45, 7) is 7.76. The fourth-order valence-electron chi connectivity index (χ4n) is 4.29. The third kappa shape index (κ3) is 4.36. The minimum absolute atomic E-state index is 0.0978. The van der Waals surface area contributed by atoms with Crippen LogP contribution in [0.3, 0.4) is 0 Å². The summed E-state index contributed by atoms with van der Waals surface area (Å²) in [6.07, 6.45) is 0. The second-order valence-corrected chi connectivity index (χ2v) is 9.57. The Morgan fingerprint density at radius 1 is 0.969 bits per heavy atom. The number of aryl methyl sites for hydroxylation is 1. The number of piperazine rings is 1. The Morgan fingerprint density at radius 3 is 2.41 bits per heavy atom. The van der Waals surface area contributed by atoms with Gasteiger partial charge in [0.2, 0.25) is 0 Å². The molecule has 0 amide bonds. The van der Waals surface area contributed by atoms with Crippen LogP contribution in [0.25, 0.3) is 21.3 Å². The van der Waals surface area contributed by atoms with Crippen LogP contribution in [0.1, 0.15) is 17.0 Å². The predicted octanol–water partition coefficient (Wildman–Crippen LogP) is 4.93. The third-order valence-electron chi connectivity index (χ3n) is 6.15. The molecule has 32 heavy (non-hydrogen) atoms. The zero-order valence-electron chi connectivity index (χ0n) is 18.0. The van der Waals surface area contributed by atoms with E-state index in [0.29, 0.717) is 17.0 Å². The zero-order valence-corrected chi connectivity index (χ0v) is 19.5. The first-order chi connectivity index (χ1) is 15.6. The van der Waals surface area contributed by atoms with E-state index < -0.39 is 0 Å². The van der Waals surface area contributed by atoms with E-state index in [1.807, 2.05) is 29.6 Å². The molecule has 7 heteroatoms. The number of benzene rings is 2. The van der Waals surface area contributed by atoms with E-state index in [1.54, 1.807) is 0 Å². The first kappa shape index (κ1) is 21.3. The fraction of sp³-hybridized carbons (Fsp3) is 0.280. The SMILES string of the molecule is Cc1ccccc1CN1CCN(Cc2nc3scc(-c4ccccc4Cl)c3c(=O)[nH]2)CC1. The Bertz CT molecular complexity index is 1310. The van der Waals surface area contributed by atoms with Gasteiger partial charge in [0.05, 0.1) is 11.9 Å².